The topological polar surface area (TPSA) is 66.9 Å². The van der Waals surface area contributed by atoms with E-state index in [4.69, 9.17) is 4.74 Å². The summed E-state index contributed by atoms with van der Waals surface area (Å²) < 4.78 is 33.0. The van der Waals surface area contributed by atoms with Crippen molar-refractivity contribution in [3.63, 3.8) is 0 Å². The zero-order valence-electron chi connectivity index (χ0n) is 16.4. The maximum absolute atomic E-state index is 12.8. The number of carbonyl (C=O) groups is 1. The van der Waals surface area contributed by atoms with Crippen LogP contribution in [0.5, 0.6) is 5.75 Å². The molecule has 0 radical (unpaired) electrons. The molecule has 1 aromatic carbocycles. The minimum Gasteiger partial charge on any atom is -0.481 e. The van der Waals surface area contributed by atoms with Crippen LogP contribution >= 0.6 is 11.3 Å². The summed E-state index contributed by atoms with van der Waals surface area (Å²) in [5, 5.41) is 1.75. The minimum absolute atomic E-state index is 0.119. The van der Waals surface area contributed by atoms with Gasteiger partial charge in [0.15, 0.2) is 6.10 Å². The molecule has 1 fully saturated rings. The average Bonchev–Trinajstić information content (AvgIpc) is 3.23. The second-order valence-electron chi connectivity index (χ2n) is 7.11. The predicted molar refractivity (Wildman–Crippen MR) is 110 cm³/mol. The zero-order valence-corrected chi connectivity index (χ0v) is 18.0. The molecule has 28 heavy (non-hydrogen) atoms. The van der Waals surface area contributed by atoms with E-state index in [0.29, 0.717) is 36.3 Å². The number of ether oxygens (including phenoxy) is 1. The molecular formula is C20H26N2O4S2. The van der Waals surface area contributed by atoms with Gasteiger partial charge in [0, 0.05) is 26.2 Å². The van der Waals surface area contributed by atoms with Crippen LogP contribution in [0.3, 0.4) is 0 Å². The van der Waals surface area contributed by atoms with Gasteiger partial charge in [-0.15, -0.1) is 11.3 Å². The van der Waals surface area contributed by atoms with Crippen molar-refractivity contribution in [2.24, 2.45) is 0 Å². The van der Waals surface area contributed by atoms with Gasteiger partial charge in [-0.05, 0) is 35.9 Å². The molecule has 1 unspecified atom stereocenters. The molecule has 1 aliphatic heterocycles. The Balaban J connectivity index is 1.61. The van der Waals surface area contributed by atoms with Crippen molar-refractivity contribution in [3.05, 3.63) is 47.3 Å². The summed E-state index contributed by atoms with van der Waals surface area (Å²) in [6.45, 7) is 7.23. The van der Waals surface area contributed by atoms with Gasteiger partial charge in [0.2, 0.25) is 0 Å². The quantitative estimate of drug-likeness (QED) is 0.717. The van der Waals surface area contributed by atoms with Crippen LogP contribution in [-0.2, 0) is 14.8 Å². The molecule has 2 aromatic rings. The van der Waals surface area contributed by atoms with Crippen LogP contribution in [0.2, 0.25) is 0 Å². The number of nitrogens with zero attached hydrogens (tertiary/aromatic N) is 2. The number of carbonyl (C=O) groups excluding carboxylic acids is 1. The number of rotatable bonds is 6. The van der Waals surface area contributed by atoms with Crippen molar-refractivity contribution in [1.29, 1.82) is 0 Å². The fourth-order valence-electron chi connectivity index (χ4n) is 3.25. The van der Waals surface area contributed by atoms with Gasteiger partial charge < -0.3 is 9.64 Å². The Kier molecular flexibility index (Phi) is 6.42. The number of para-hydroxylation sites is 1. The SMILES string of the molecule is CC(Oc1ccccc1C(C)C)C(=O)N1CCN(S(=O)(=O)c2cccs2)CC1. The van der Waals surface area contributed by atoms with Gasteiger partial charge >= 0.3 is 0 Å². The van der Waals surface area contributed by atoms with Crippen LogP contribution in [-0.4, -0.2) is 55.8 Å². The highest BCUT2D eigenvalue weighted by Gasteiger charge is 2.32. The Morgan fingerprint density at radius 1 is 1.04 bits per heavy atom. The third kappa shape index (κ3) is 4.39. The van der Waals surface area contributed by atoms with Gasteiger partial charge in [0.05, 0.1) is 0 Å². The van der Waals surface area contributed by atoms with E-state index in [1.807, 2.05) is 24.3 Å². The van der Waals surface area contributed by atoms with Gasteiger partial charge in [-0.3, -0.25) is 4.79 Å². The highest BCUT2D eigenvalue weighted by molar-refractivity contribution is 7.91. The number of amides is 1. The second kappa shape index (κ2) is 8.63. The molecule has 3 rings (SSSR count). The summed E-state index contributed by atoms with van der Waals surface area (Å²) in [5.41, 5.74) is 1.06. The van der Waals surface area contributed by atoms with Crippen molar-refractivity contribution < 1.29 is 17.9 Å². The number of hydrogen-bond acceptors (Lipinski definition) is 5. The molecule has 0 N–H and O–H groups in total. The molecule has 0 bridgehead atoms. The van der Waals surface area contributed by atoms with E-state index in [0.717, 1.165) is 11.3 Å². The van der Waals surface area contributed by atoms with E-state index < -0.39 is 16.1 Å². The molecule has 6 nitrogen and oxygen atoms in total. The van der Waals surface area contributed by atoms with Crippen LogP contribution in [0.15, 0.2) is 46.0 Å². The van der Waals surface area contributed by atoms with Crippen molar-refractivity contribution >= 4 is 27.3 Å². The number of sulfonamides is 1. The van der Waals surface area contributed by atoms with E-state index in [1.54, 1.807) is 29.3 Å². The highest BCUT2D eigenvalue weighted by Crippen LogP contribution is 2.27. The van der Waals surface area contributed by atoms with E-state index in [2.05, 4.69) is 13.8 Å². The highest BCUT2D eigenvalue weighted by atomic mass is 32.2. The Morgan fingerprint density at radius 2 is 1.71 bits per heavy atom. The minimum atomic E-state index is -3.47. The first-order valence-corrected chi connectivity index (χ1v) is 11.7. The van der Waals surface area contributed by atoms with Crippen LogP contribution < -0.4 is 4.74 Å². The number of thiophene rings is 1. The Bertz CT molecular complexity index is 902. The first-order valence-electron chi connectivity index (χ1n) is 9.38. The van der Waals surface area contributed by atoms with E-state index >= 15 is 0 Å². The maximum atomic E-state index is 12.8. The Labute approximate surface area is 170 Å². The van der Waals surface area contributed by atoms with Crippen molar-refractivity contribution in [2.45, 2.75) is 37.0 Å². The van der Waals surface area contributed by atoms with E-state index in [1.165, 1.54) is 15.6 Å². The van der Waals surface area contributed by atoms with Crippen molar-refractivity contribution in [3.8, 4) is 5.75 Å². The number of hydrogen-bond donors (Lipinski definition) is 0. The molecule has 0 saturated carbocycles. The van der Waals surface area contributed by atoms with Gasteiger partial charge in [-0.2, -0.15) is 4.31 Å². The van der Waals surface area contributed by atoms with Crippen LogP contribution in [0.4, 0.5) is 0 Å². The van der Waals surface area contributed by atoms with Crippen LogP contribution in [0, 0.1) is 0 Å². The number of piperazine rings is 1. The molecule has 1 aromatic heterocycles. The fourth-order valence-corrected chi connectivity index (χ4v) is 5.82. The summed E-state index contributed by atoms with van der Waals surface area (Å²) >= 11 is 1.21. The van der Waals surface area contributed by atoms with Crippen molar-refractivity contribution in [2.75, 3.05) is 26.2 Å². The molecule has 1 atom stereocenters. The lowest BCUT2D eigenvalue weighted by Crippen LogP contribution is -2.53. The fraction of sp³-hybridized carbons (Fsp3) is 0.450. The third-order valence-electron chi connectivity index (χ3n) is 4.83. The third-order valence-corrected chi connectivity index (χ3v) is 8.10. The molecule has 2 heterocycles. The summed E-state index contributed by atoms with van der Waals surface area (Å²) in [4.78, 5) is 14.5. The number of benzene rings is 1. The summed E-state index contributed by atoms with van der Waals surface area (Å²) in [5.74, 6) is 0.897. The maximum Gasteiger partial charge on any atom is 0.263 e. The van der Waals surface area contributed by atoms with Gasteiger partial charge in [0.25, 0.3) is 15.9 Å². The lowest BCUT2D eigenvalue weighted by molar-refractivity contribution is -0.139. The molecule has 1 amide bonds. The molecule has 0 spiro atoms. The van der Waals surface area contributed by atoms with Crippen LogP contribution in [0.25, 0.3) is 0 Å². The van der Waals surface area contributed by atoms with Gasteiger partial charge in [0.1, 0.15) is 9.96 Å². The first kappa shape index (κ1) is 20.8. The molecule has 1 saturated heterocycles. The molecule has 152 valence electrons. The summed E-state index contributed by atoms with van der Waals surface area (Å²) in [7, 11) is -3.47. The summed E-state index contributed by atoms with van der Waals surface area (Å²) in [6, 6.07) is 11.1. The standard InChI is InChI=1S/C20H26N2O4S2/c1-15(2)17-7-4-5-8-18(17)26-16(3)20(23)21-10-12-22(13-11-21)28(24,25)19-9-6-14-27-19/h4-9,14-16H,10-13H2,1-3H3. The zero-order chi connectivity index (χ0) is 20.3. The monoisotopic (exact) mass is 422 g/mol. The Morgan fingerprint density at radius 3 is 2.32 bits per heavy atom. The lowest BCUT2D eigenvalue weighted by atomic mass is 10.0. The smallest absolute Gasteiger partial charge is 0.263 e. The lowest BCUT2D eigenvalue weighted by Gasteiger charge is -2.35. The predicted octanol–water partition coefficient (Wildman–Crippen LogP) is 3.17. The second-order valence-corrected chi connectivity index (χ2v) is 10.2. The van der Waals surface area contributed by atoms with Gasteiger partial charge in [-0.25, -0.2) is 8.42 Å². The van der Waals surface area contributed by atoms with Crippen LogP contribution in [0.1, 0.15) is 32.3 Å². The average molecular weight is 423 g/mol. The normalized spacial score (nSPS) is 16.9. The van der Waals surface area contributed by atoms with Gasteiger partial charge in [-0.1, -0.05) is 38.1 Å². The largest absolute Gasteiger partial charge is 0.481 e. The van der Waals surface area contributed by atoms with Crippen molar-refractivity contribution in [1.82, 2.24) is 9.21 Å². The molecule has 8 heteroatoms. The Hall–Kier alpha value is -1.90. The summed E-state index contributed by atoms with van der Waals surface area (Å²) in [6.07, 6.45) is -0.625. The molecule has 1 aliphatic rings. The first-order chi connectivity index (χ1) is 13.3. The molecular weight excluding hydrogens is 396 g/mol. The van der Waals surface area contributed by atoms with E-state index in [-0.39, 0.29) is 5.91 Å². The molecule has 0 aliphatic carbocycles. The van der Waals surface area contributed by atoms with E-state index in [9.17, 15) is 13.2 Å².